The zero-order chi connectivity index (χ0) is 13.9. The fourth-order valence-electron chi connectivity index (χ4n) is 1.80. The Hall–Kier alpha value is 0.200. The van der Waals surface area contributed by atoms with Crippen LogP contribution in [0.25, 0.3) is 0 Å². The smallest absolute Gasteiger partial charge is 0.232 e. The van der Waals surface area contributed by atoms with E-state index in [9.17, 15) is 8.42 Å². The van der Waals surface area contributed by atoms with Crippen molar-refractivity contribution in [3.8, 4) is 0 Å². The van der Waals surface area contributed by atoms with Crippen molar-refractivity contribution >= 4 is 19.7 Å². The fourth-order valence-corrected chi connectivity index (χ4v) is 3.23. The van der Waals surface area contributed by atoms with Crippen LogP contribution in [0.4, 0.5) is 0 Å². The monoisotopic (exact) mass is 298 g/mol. The highest BCUT2D eigenvalue weighted by Gasteiger charge is 2.15. The molecule has 0 aliphatic carbocycles. The van der Waals surface area contributed by atoms with Crippen molar-refractivity contribution in [1.82, 2.24) is 0 Å². The summed E-state index contributed by atoms with van der Waals surface area (Å²) in [5.74, 6) is 0.0364. The van der Waals surface area contributed by atoms with Gasteiger partial charge in [0.1, 0.15) is 0 Å². The molecule has 0 N–H and O–H groups in total. The zero-order valence-corrected chi connectivity index (χ0v) is 13.2. The van der Waals surface area contributed by atoms with Crippen LogP contribution in [-0.4, -0.2) is 27.4 Å². The summed E-state index contributed by atoms with van der Waals surface area (Å²) in [4.78, 5) is 0. The molecule has 0 aliphatic rings. The summed E-state index contributed by atoms with van der Waals surface area (Å²) >= 11 is 0. The van der Waals surface area contributed by atoms with Crippen molar-refractivity contribution in [3.05, 3.63) is 0 Å². The molecular formula is C13H27ClO3S. The lowest BCUT2D eigenvalue weighted by Gasteiger charge is -2.13. The Morgan fingerprint density at radius 1 is 1.06 bits per heavy atom. The molecule has 5 heteroatoms. The van der Waals surface area contributed by atoms with Crippen LogP contribution in [0.5, 0.6) is 0 Å². The first-order chi connectivity index (χ1) is 8.49. The Kier molecular flexibility index (Phi) is 11.2. The van der Waals surface area contributed by atoms with E-state index in [1.165, 1.54) is 32.1 Å². The summed E-state index contributed by atoms with van der Waals surface area (Å²) in [6, 6.07) is 0. The topological polar surface area (TPSA) is 43.4 Å². The summed E-state index contributed by atoms with van der Waals surface area (Å²) in [5.41, 5.74) is 0. The molecule has 0 aliphatic heterocycles. The van der Waals surface area contributed by atoms with Crippen LogP contribution in [0, 0.1) is 5.92 Å². The minimum Gasteiger partial charge on any atom is -0.381 e. The molecule has 0 rings (SSSR count). The van der Waals surface area contributed by atoms with Crippen molar-refractivity contribution in [2.75, 3.05) is 19.0 Å². The van der Waals surface area contributed by atoms with E-state index in [0.29, 0.717) is 6.61 Å². The van der Waals surface area contributed by atoms with Gasteiger partial charge in [0.15, 0.2) is 0 Å². The Morgan fingerprint density at radius 3 is 2.22 bits per heavy atom. The van der Waals surface area contributed by atoms with Gasteiger partial charge >= 0.3 is 0 Å². The normalized spacial score (nSPS) is 13.7. The van der Waals surface area contributed by atoms with Gasteiger partial charge in [-0.15, -0.1) is 0 Å². The summed E-state index contributed by atoms with van der Waals surface area (Å²) in [6.07, 6.45) is 8.19. The number of halogens is 1. The molecule has 0 aromatic carbocycles. The first kappa shape index (κ1) is 18.2. The SMILES string of the molecule is CCCCCCCCOCC(CC)CS(=O)(=O)Cl. The third-order valence-electron chi connectivity index (χ3n) is 3.01. The molecule has 0 heterocycles. The molecule has 1 atom stereocenters. The van der Waals surface area contributed by atoms with Crippen molar-refractivity contribution < 1.29 is 13.2 Å². The number of hydrogen-bond donors (Lipinski definition) is 0. The van der Waals surface area contributed by atoms with E-state index in [1.807, 2.05) is 6.92 Å². The quantitative estimate of drug-likeness (QED) is 0.404. The lowest BCUT2D eigenvalue weighted by molar-refractivity contribution is 0.101. The van der Waals surface area contributed by atoms with Crippen LogP contribution in [0.15, 0.2) is 0 Å². The van der Waals surface area contributed by atoms with Crippen LogP contribution in [-0.2, 0) is 13.8 Å². The first-order valence-electron chi connectivity index (χ1n) is 6.99. The van der Waals surface area contributed by atoms with Crippen LogP contribution < -0.4 is 0 Å². The zero-order valence-electron chi connectivity index (χ0n) is 11.7. The summed E-state index contributed by atoms with van der Waals surface area (Å²) in [5, 5.41) is 0. The summed E-state index contributed by atoms with van der Waals surface area (Å²) < 4.78 is 27.4. The lowest BCUT2D eigenvalue weighted by atomic mass is 10.1. The van der Waals surface area contributed by atoms with Crippen molar-refractivity contribution in [2.24, 2.45) is 5.92 Å². The van der Waals surface area contributed by atoms with Crippen LogP contribution in [0.2, 0.25) is 0 Å². The van der Waals surface area contributed by atoms with E-state index in [-0.39, 0.29) is 11.7 Å². The average molecular weight is 299 g/mol. The Bertz CT molecular complexity index is 278. The number of unbranched alkanes of at least 4 members (excludes halogenated alkanes) is 5. The molecule has 0 bridgehead atoms. The van der Waals surface area contributed by atoms with Crippen LogP contribution in [0.1, 0.15) is 58.8 Å². The number of rotatable bonds is 12. The molecule has 0 aromatic heterocycles. The molecule has 0 radical (unpaired) electrons. The highest BCUT2D eigenvalue weighted by molar-refractivity contribution is 8.13. The van der Waals surface area contributed by atoms with Gasteiger partial charge in [0.05, 0.1) is 12.4 Å². The van der Waals surface area contributed by atoms with Crippen molar-refractivity contribution in [3.63, 3.8) is 0 Å². The van der Waals surface area contributed by atoms with E-state index in [2.05, 4.69) is 6.92 Å². The third-order valence-corrected chi connectivity index (χ3v) is 4.26. The predicted octanol–water partition coefficient (Wildman–Crippen LogP) is 3.96. The molecule has 0 saturated heterocycles. The van der Waals surface area contributed by atoms with E-state index >= 15 is 0 Å². The van der Waals surface area contributed by atoms with Crippen LogP contribution in [0.3, 0.4) is 0 Å². The highest BCUT2D eigenvalue weighted by Crippen LogP contribution is 2.11. The second-order valence-electron chi connectivity index (χ2n) is 4.82. The van der Waals surface area contributed by atoms with Gasteiger partial charge in [-0.3, -0.25) is 0 Å². The summed E-state index contributed by atoms with van der Waals surface area (Å²) in [7, 11) is 1.83. The molecular weight excluding hydrogens is 272 g/mol. The van der Waals surface area contributed by atoms with Gasteiger partial charge in [0.25, 0.3) is 0 Å². The Labute approximate surface area is 117 Å². The second-order valence-corrected chi connectivity index (χ2v) is 7.64. The van der Waals surface area contributed by atoms with E-state index in [1.54, 1.807) is 0 Å². The standard InChI is InChI=1S/C13H27ClO3S/c1-3-5-6-7-8-9-10-17-11-13(4-2)12-18(14,15)16/h13H,3-12H2,1-2H3. The first-order valence-corrected chi connectivity index (χ1v) is 9.47. The van der Waals surface area contributed by atoms with Crippen molar-refractivity contribution in [2.45, 2.75) is 58.8 Å². The van der Waals surface area contributed by atoms with E-state index < -0.39 is 9.05 Å². The maximum absolute atomic E-state index is 10.9. The highest BCUT2D eigenvalue weighted by atomic mass is 35.7. The van der Waals surface area contributed by atoms with Crippen molar-refractivity contribution in [1.29, 1.82) is 0 Å². The molecule has 0 amide bonds. The molecule has 0 spiro atoms. The predicted molar refractivity (Wildman–Crippen MR) is 77.6 cm³/mol. The average Bonchev–Trinajstić information content (AvgIpc) is 2.29. The van der Waals surface area contributed by atoms with E-state index in [4.69, 9.17) is 15.4 Å². The maximum atomic E-state index is 10.9. The van der Waals surface area contributed by atoms with Gasteiger partial charge < -0.3 is 4.74 Å². The minimum absolute atomic E-state index is 0.0154. The van der Waals surface area contributed by atoms with Gasteiger partial charge in [0.2, 0.25) is 9.05 Å². The Balaban J connectivity index is 3.46. The van der Waals surface area contributed by atoms with Gasteiger partial charge in [-0.2, -0.15) is 0 Å². The molecule has 0 aromatic rings. The second kappa shape index (κ2) is 11.1. The number of ether oxygens (including phenoxy) is 1. The van der Waals surface area contributed by atoms with Gasteiger partial charge in [-0.05, 0) is 12.3 Å². The van der Waals surface area contributed by atoms with Gasteiger partial charge in [-0.25, -0.2) is 8.42 Å². The molecule has 0 saturated carbocycles. The molecule has 0 fully saturated rings. The van der Waals surface area contributed by atoms with E-state index in [0.717, 1.165) is 19.4 Å². The molecule has 18 heavy (non-hydrogen) atoms. The number of hydrogen-bond acceptors (Lipinski definition) is 3. The minimum atomic E-state index is -3.40. The van der Waals surface area contributed by atoms with Gasteiger partial charge in [-0.1, -0.05) is 52.4 Å². The molecule has 110 valence electrons. The molecule has 1 unspecified atom stereocenters. The lowest BCUT2D eigenvalue weighted by Crippen LogP contribution is -2.17. The maximum Gasteiger partial charge on any atom is 0.232 e. The fraction of sp³-hybridized carbons (Fsp3) is 1.00. The molecule has 3 nitrogen and oxygen atoms in total. The third kappa shape index (κ3) is 12.7. The Morgan fingerprint density at radius 2 is 1.67 bits per heavy atom. The van der Waals surface area contributed by atoms with Gasteiger partial charge in [0, 0.05) is 17.3 Å². The largest absolute Gasteiger partial charge is 0.381 e. The summed E-state index contributed by atoms with van der Waals surface area (Å²) in [6.45, 7) is 5.39. The van der Waals surface area contributed by atoms with Crippen LogP contribution >= 0.6 is 10.7 Å².